The van der Waals surface area contributed by atoms with Crippen molar-refractivity contribution in [3.63, 3.8) is 0 Å². The van der Waals surface area contributed by atoms with E-state index in [0.717, 1.165) is 11.1 Å². The minimum atomic E-state index is -0.550. The average molecular weight is 367 g/mol. The molecule has 6 nitrogen and oxygen atoms in total. The van der Waals surface area contributed by atoms with Crippen LogP contribution < -0.4 is 15.6 Å². The van der Waals surface area contributed by atoms with Crippen molar-refractivity contribution in [2.75, 3.05) is 6.61 Å². The van der Waals surface area contributed by atoms with Gasteiger partial charge >= 0.3 is 5.91 Å². The molecule has 1 heterocycles. The summed E-state index contributed by atoms with van der Waals surface area (Å²) in [5.74, 6) is -0.311. The van der Waals surface area contributed by atoms with Gasteiger partial charge in [-0.25, -0.2) is 0 Å². The number of aryl methyl sites for hydroxylation is 2. The number of hydrogen-bond donors (Lipinski definition) is 2. The Labute approximate surface area is 135 Å². The Hall–Kier alpha value is -2.28. The molecule has 1 aromatic carbocycles. The highest BCUT2D eigenvalue weighted by molar-refractivity contribution is 9.10. The minimum Gasteiger partial charge on any atom is -0.483 e. The van der Waals surface area contributed by atoms with Gasteiger partial charge in [0.2, 0.25) is 0 Å². The molecule has 0 aliphatic carbocycles. The molecule has 2 rings (SSSR count). The van der Waals surface area contributed by atoms with Crippen molar-refractivity contribution in [2.45, 2.75) is 13.8 Å². The van der Waals surface area contributed by atoms with E-state index in [0.29, 0.717) is 10.4 Å². The van der Waals surface area contributed by atoms with Crippen molar-refractivity contribution in [1.29, 1.82) is 0 Å². The van der Waals surface area contributed by atoms with E-state index in [1.807, 2.05) is 26.0 Å². The number of carbonyl (C=O) groups excluding carboxylic acids is 2. The van der Waals surface area contributed by atoms with Crippen LogP contribution in [0.5, 0.6) is 5.75 Å². The molecule has 0 aliphatic heterocycles. The van der Waals surface area contributed by atoms with Crippen LogP contribution in [0.1, 0.15) is 21.7 Å². The molecule has 116 valence electrons. The van der Waals surface area contributed by atoms with Gasteiger partial charge in [0.15, 0.2) is 17.0 Å². The van der Waals surface area contributed by atoms with Gasteiger partial charge in [-0.2, -0.15) is 0 Å². The molecule has 1 aromatic heterocycles. The van der Waals surface area contributed by atoms with Crippen LogP contribution in [0.2, 0.25) is 0 Å². The Morgan fingerprint density at radius 1 is 1.18 bits per heavy atom. The molecule has 0 bridgehead atoms. The summed E-state index contributed by atoms with van der Waals surface area (Å²) in [6.45, 7) is 3.68. The lowest BCUT2D eigenvalue weighted by Crippen LogP contribution is -2.43. The fourth-order valence-electron chi connectivity index (χ4n) is 1.77. The fourth-order valence-corrected chi connectivity index (χ4v) is 2.07. The highest BCUT2D eigenvalue weighted by atomic mass is 79.9. The van der Waals surface area contributed by atoms with E-state index in [1.54, 1.807) is 12.1 Å². The van der Waals surface area contributed by atoms with Crippen molar-refractivity contribution >= 4 is 27.7 Å². The first-order valence-corrected chi connectivity index (χ1v) is 7.29. The molecule has 2 N–H and O–H groups in total. The van der Waals surface area contributed by atoms with Crippen LogP contribution in [-0.2, 0) is 4.79 Å². The predicted molar refractivity (Wildman–Crippen MR) is 83.4 cm³/mol. The number of halogens is 1. The summed E-state index contributed by atoms with van der Waals surface area (Å²) in [4.78, 5) is 23.3. The first-order chi connectivity index (χ1) is 10.5. The van der Waals surface area contributed by atoms with Crippen LogP contribution in [0.15, 0.2) is 39.4 Å². The van der Waals surface area contributed by atoms with Gasteiger partial charge in [0.1, 0.15) is 5.75 Å². The summed E-state index contributed by atoms with van der Waals surface area (Å²) in [6.07, 6.45) is 0. The third-order valence-electron chi connectivity index (χ3n) is 2.80. The maximum absolute atomic E-state index is 11.6. The Balaban J connectivity index is 1.79. The van der Waals surface area contributed by atoms with Gasteiger partial charge in [0.05, 0.1) is 0 Å². The van der Waals surface area contributed by atoms with E-state index in [-0.39, 0.29) is 12.4 Å². The molecule has 0 fully saturated rings. The summed E-state index contributed by atoms with van der Waals surface area (Å²) < 4.78 is 10.9. The second-order valence-electron chi connectivity index (χ2n) is 4.66. The van der Waals surface area contributed by atoms with E-state index >= 15 is 0 Å². The maximum atomic E-state index is 11.6. The lowest BCUT2D eigenvalue weighted by atomic mass is 10.1. The first-order valence-electron chi connectivity index (χ1n) is 6.50. The second-order valence-corrected chi connectivity index (χ2v) is 5.45. The minimum absolute atomic E-state index is 0.0856. The van der Waals surface area contributed by atoms with Crippen LogP contribution in [0.3, 0.4) is 0 Å². The zero-order valence-corrected chi connectivity index (χ0v) is 13.7. The zero-order chi connectivity index (χ0) is 16.1. The maximum Gasteiger partial charge on any atom is 0.305 e. The van der Waals surface area contributed by atoms with E-state index in [9.17, 15) is 9.59 Å². The number of nitrogens with one attached hydrogen (secondary N) is 2. The number of benzene rings is 1. The predicted octanol–water partition coefficient (Wildman–Crippen LogP) is 2.50. The highest BCUT2D eigenvalue weighted by Gasteiger charge is 2.11. The largest absolute Gasteiger partial charge is 0.483 e. The van der Waals surface area contributed by atoms with Crippen LogP contribution in [0.4, 0.5) is 0 Å². The van der Waals surface area contributed by atoms with Gasteiger partial charge in [-0.1, -0.05) is 17.7 Å². The Morgan fingerprint density at radius 2 is 1.95 bits per heavy atom. The first kappa shape index (κ1) is 16.1. The third-order valence-corrected chi connectivity index (χ3v) is 3.23. The molecule has 22 heavy (non-hydrogen) atoms. The van der Waals surface area contributed by atoms with E-state index in [1.165, 1.54) is 6.07 Å². The van der Waals surface area contributed by atoms with E-state index in [4.69, 9.17) is 9.15 Å². The molecule has 0 unspecified atom stereocenters. The molecular weight excluding hydrogens is 352 g/mol. The SMILES string of the molecule is Cc1ccc(OCC(=O)NNC(=O)c2ccc(Br)o2)c(C)c1. The summed E-state index contributed by atoms with van der Waals surface area (Å²) >= 11 is 3.09. The normalized spacial score (nSPS) is 10.1. The molecule has 2 amide bonds. The van der Waals surface area contributed by atoms with Crippen LogP contribution >= 0.6 is 15.9 Å². The van der Waals surface area contributed by atoms with Gasteiger partial charge in [0, 0.05) is 0 Å². The van der Waals surface area contributed by atoms with Crippen molar-refractivity contribution in [3.05, 3.63) is 51.9 Å². The van der Waals surface area contributed by atoms with Gasteiger partial charge < -0.3 is 9.15 Å². The van der Waals surface area contributed by atoms with Gasteiger partial charge in [-0.15, -0.1) is 0 Å². The van der Waals surface area contributed by atoms with Crippen molar-refractivity contribution in [3.8, 4) is 5.75 Å². The highest BCUT2D eigenvalue weighted by Crippen LogP contribution is 2.18. The second kappa shape index (κ2) is 7.13. The van der Waals surface area contributed by atoms with Crippen molar-refractivity contribution in [2.24, 2.45) is 0 Å². The van der Waals surface area contributed by atoms with E-state index < -0.39 is 11.8 Å². The number of hydrazine groups is 1. The smallest absolute Gasteiger partial charge is 0.305 e. The number of rotatable bonds is 4. The molecular formula is C15H15BrN2O4. The third kappa shape index (κ3) is 4.36. The molecule has 7 heteroatoms. The van der Waals surface area contributed by atoms with E-state index in [2.05, 4.69) is 26.8 Å². The molecule has 0 aliphatic rings. The Bertz CT molecular complexity index is 697. The van der Waals surface area contributed by atoms with Gasteiger partial charge in [-0.05, 0) is 53.5 Å². The average Bonchev–Trinajstić information content (AvgIpc) is 2.90. The molecule has 0 saturated heterocycles. The molecule has 0 atom stereocenters. The summed E-state index contributed by atoms with van der Waals surface area (Å²) in [5.41, 5.74) is 6.55. The molecule has 0 radical (unpaired) electrons. The Kier molecular flexibility index (Phi) is 5.21. The van der Waals surface area contributed by atoms with Crippen LogP contribution in [0.25, 0.3) is 0 Å². The topological polar surface area (TPSA) is 80.6 Å². The van der Waals surface area contributed by atoms with Gasteiger partial charge in [0.25, 0.3) is 5.91 Å². The number of ether oxygens (including phenoxy) is 1. The summed E-state index contributed by atoms with van der Waals surface area (Å²) in [6, 6.07) is 8.73. The van der Waals surface area contributed by atoms with Crippen LogP contribution in [0, 0.1) is 13.8 Å². The summed E-state index contributed by atoms with van der Waals surface area (Å²) in [5, 5.41) is 0. The van der Waals surface area contributed by atoms with Crippen molar-refractivity contribution < 1.29 is 18.7 Å². The summed E-state index contributed by atoms with van der Waals surface area (Å²) in [7, 11) is 0. The lowest BCUT2D eigenvalue weighted by molar-refractivity contribution is -0.123. The van der Waals surface area contributed by atoms with Crippen molar-refractivity contribution in [1.82, 2.24) is 10.9 Å². The molecule has 2 aromatic rings. The Morgan fingerprint density at radius 3 is 2.59 bits per heavy atom. The molecule has 0 spiro atoms. The number of amides is 2. The number of carbonyl (C=O) groups is 2. The standard InChI is InChI=1S/C15H15BrN2O4/c1-9-3-4-11(10(2)7-9)21-8-14(19)17-18-15(20)12-5-6-13(16)22-12/h3-7H,8H2,1-2H3,(H,17,19)(H,18,20). The number of hydrogen-bond acceptors (Lipinski definition) is 4. The monoisotopic (exact) mass is 366 g/mol. The number of furan rings is 1. The quantitative estimate of drug-likeness (QED) is 0.814. The van der Waals surface area contributed by atoms with Gasteiger partial charge in [-0.3, -0.25) is 20.4 Å². The molecule has 0 saturated carbocycles. The zero-order valence-electron chi connectivity index (χ0n) is 12.1. The van der Waals surface area contributed by atoms with Crippen LogP contribution in [-0.4, -0.2) is 18.4 Å². The fraction of sp³-hybridized carbons (Fsp3) is 0.200. The lowest BCUT2D eigenvalue weighted by Gasteiger charge is -2.10.